The molecule has 1 saturated heterocycles. The fourth-order valence-corrected chi connectivity index (χ4v) is 5.06. The van der Waals surface area contributed by atoms with Crippen molar-refractivity contribution in [3.8, 4) is 5.69 Å². The molecule has 6 nitrogen and oxygen atoms in total. The van der Waals surface area contributed by atoms with Crippen molar-refractivity contribution in [2.24, 2.45) is 0 Å². The van der Waals surface area contributed by atoms with Crippen molar-refractivity contribution in [3.63, 3.8) is 0 Å². The van der Waals surface area contributed by atoms with Crippen LogP contribution in [0.15, 0.2) is 54.6 Å². The lowest BCUT2D eigenvalue weighted by Crippen LogP contribution is -2.50. The Morgan fingerprint density at radius 2 is 1.59 bits per heavy atom. The van der Waals surface area contributed by atoms with Gasteiger partial charge in [-0.05, 0) is 56.7 Å². The Morgan fingerprint density at radius 3 is 2.32 bits per heavy atom. The fraction of sp³-hybridized carbons (Fsp3) is 0.393. The first kappa shape index (κ1) is 22.4. The number of hydrogen-bond donors (Lipinski definition) is 0. The van der Waals surface area contributed by atoms with Gasteiger partial charge in [-0.1, -0.05) is 48.0 Å². The molecule has 0 atom stereocenters. The predicted octanol–water partition coefficient (Wildman–Crippen LogP) is 3.98. The van der Waals surface area contributed by atoms with E-state index < -0.39 is 0 Å². The third kappa shape index (κ3) is 4.63. The highest BCUT2D eigenvalue weighted by Crippen LogP contribution is 2.29. The number of rotatable bonds is 6. The average Bonchev–Trinajstić information content (AvgIpc) is 3.48. The number of hydrogen-bond acceptors (Lipinski definition) is 3. The first-order valence-corrected chi connectivity index (χ1v) is 12.4. The quantitative estimate of drug-likeness (QED) is 0.564. The number of carbonyl (C=O) groups excluding carboxylic acids is 2. The number of fused-ring (bicyclic) bond motifs is 1. The van der Waals surface area contributed by atoms with E-state index in [1.807, 2.05) is 32.7 Å². The van der Waals surface area contributed by atoms with E-state index in [1.54, 1.807) is 0 Å². The normalized spacial score (nSPS) is 15.4. The molecule has 0 radical (unpaired) electrons. The van der Waals surface area contributed by atoms with Crippen LogP contribution in [-0.2, 0) is 24.1 Å². The number of nitrogens with zero attached hydrogens (tertiary/aromatic N) is 4. The molecule has 0 bridgehead atoms. The number of benzene rings is 2. The fourth-order valence-electron chi connectivity index (χ4n) is 5.06. The lowest BCUT2D eigenvalue weighted by Gasteiger charge is -2.34. The van der Waals surface area contributed by atoms with Gasteiger partial charge in [0.25, 0.3) is 5.91 Å². The molecule has 1 fully saturated rings. The molecule has 0 N–H and O–H groups in total. The Morgan fingerprint density at radius 1 is 0.882 bits per heavy atom. The molecule has 0 unspecified atom stereocenters. The third-order valence-corrected chi connectivity index (χ3v) is 7.03. The number of aromatic nitrogens is 2. The van der Waals surface area contributed by atoms with E-state index in [-0.39, 0.29) is 11.8 Å². The van der Waals surface area contributed by atoms with E-state index in [1.165, 1.54) is 16.8 Å². The standard InChI is InChI=1S/C28H32N4O2/c1-21-13-15-23(16-14-21)32-25-11-6-10-24(25)27(29-32)28(34)31-19-17-30(18-20-31)26(33)12-5-9-22-7-3-2-4-8-22/h2-4,7-8,13-16H,5-6,9-12,17-20H2,1H3. The number of amides is 2. The van der Waals surface area contributed by atoms with E-state index in [0.29, 0.717) is 38.3 Å². The SMILES string of the molecule is Cc1ccc(-n2nc(C(=O)N3CCN(C(=O)CCCc4ccccc4)CC3)c3c2CCC3)cc1. The van der Waals surface area contributed by atoms with Gasteiger partial charge in [-0.2, -0.15) is 5.10 Å². The molecule has 5 rings (SSSR count). The molecule has 3 aromatic rings. The zero-order valence-electron chi connectivity index (χ0n) is 19.9. The molecule has 2 aliphatic rings. The van der Waals surface area contributed by atoms with Crippen LogP contribution in [0.3, 0.4) is 0 Å². The summed E-state index contributed by atoms with van der Waals surface area (Å²) >= 11 is 0. The summed E-state index contributed by atoms with van der Waals surface area (Å²) in [6.07, 6.45) is 5.24. The van der Waals surface area contributed by atoms with Crippen LogP contribution in [0.1, 0.15) is 52.1 Å². The summed E-state index contributed by atoms with van der Waals surface area (Å²) in [5.74, 6) is 0.188. The minimum absolute atomic E-state index is 0.000174. The Bertz CT molecular complexity index is 1160. The van der Waals surface area contributed by atoms with Crippen molar-refractivity contribution in [1.29, 1.82) is 0 Å². The van der Waals surface area contributed by atoms with Gasteiger partial charge in [0, 0.05) is 43.9 Å². The zero-order valence-corrected chi connectivity index (χ0v) is 19.9. The van der Waals surface area contributed by atoms with Crippen LogP contribution in [0.4, 0.5) is 0 Å². The molecule has 6 heteroatoms. The zero-order chi connectivity index (χ0) is 23.5. The van der Waals surface area contributed by atoms with E-state index >= 15 is 0 Å². The van der Waals surface area contributed by atoms with Crippen LogP contribution in [0.25, 0.3) is 5.69 Å². The smallest absolute Gasteiger partial charge is 0.274 e. The maximum Gasteiger partial charge on any atom is 0.274 e. The van der Waals surface area contributed by atoms with Gasteiger partial charge >= 0.3 is 0 Å². The maximum absolute atomic E-state index is 13.4. The van der Waals surface area contributed by atoms with Gasteiger partial charge in [0.15, 0.2) is 5.69 Å². The second kappa shape index (κ2) is 9.84. The van der Waals surface area contributed by atoms with Gasteiger partial charge < -0.3 is 9.80 Å². The summed E-state index contributed by atoms with van der Waals surface area (Å²) in [7, 11) is 0. The second-order valence-corrected chi connectivity index (χ2v) is 9.39. The second-order valence-electron chi connectivity index (χ2n) is 9.39. The molecule has 176 valence electrons. The van der Waals surface area contributed by atoms with Gasteiger partial charge in [0.2, 0.25) is 5.91 Å². The van der Waals surface area contributed by atoms with Crippen LogP contribution in [0.2, 0.25) is 0 Å². The average molecular weight is 457 g/mol. The molecule has 1 aliphatic carbocycles. The number of aryl methyl sites for hydroxylation is 2. The highest BCUT2D eigenvalue weighted by Gasteiger charge is 2.31. The Kier molecular flexibility index (Phi) is 6.48. The van der Waals surface area contributed by atoms with Gasteiger partial charge in [-0.25, -0.2) is 4.68 Å². The van der Waals surface area contributed by atoms with Gasteiger partial charge in [-0.15, -0.1) is 0 Å². The predicted molar refractivity (Wildman–Crippen MR) is 132 cm³/mol. The molecule has 0 saturated carbocycles. The summed E-state index contributed by atoms with van der Waals surface area (Å²) < 4.78 is 1.96. The summed E-state index contributed by atoms with van der Waals surface area (Å²) in [6, 6.07) is 18.6. The molecule has 2 aromatic carbocycles. The lowest BCUT2D eigenvalue weighted by atomic mass is 10.1. The van der Waals surface area contributed by atoms with E-state index in [2.05, 4.69) is 43.3 Å². The highest BCUT2D eigenvalue weighted by molar-refractivity contribution is 5.94. The van der Waals surface area contributed by atoms with Crippen LogP contribution < -0.4 is 0 Å². The minimum atomic E-state index is 0.000174. The summed E-state index contributed by atoms with van der Waals surface area (Å²) in [4.78, 5) is 29.9. The topological polar surface area (TPSA) is 58.4 Å². The number of carbonyl (C=O) groups is 2. The van der Waals surface area contributed by atoms with E-state index in [9.17, 15) is 9.59 Å². The summed E-state index contributed by atoms with van der Waals surface area (Å²) in [5, 5.41) is 4.78. The van der Waals surface area contributed by atoms with Crippen LogP contribution >= 0.6 is 0 Å². The molecule has 1 aliphatic heterocycles. The van der Waals surface area contributed by atoms with E-state index in [0.717, 1.165) is 43.4 Å². The Hall–Kier alpha value is -3.41. The highest BCUT2D eigenvalue weighted by atomic mass is 16.2. The van der Waals surface area contributed by atoms with Crippen LogP contribution in [0, 0.1) is 6.92 Å². The monoisotopic (exact) mass is 456 g/mol. The molecule has 1 aromatic heterocycles. The summed E-state index contributed by atoms with van der Waals surface area (Å²) in [6.45, 7) is 4.39. The summed E-state index contributed by atoms with van der Waals surface area (Å²) in [5.41, 5.74) is 6.34. The molecule has 2 heterocycles. The first-order valence-electron chi connectivity index (χ1n) is 12.4. The van der Waals surface area contributed by atoms with Crippen LogP contribution in [-0.4, -0.2) is 57.6 Å². The lowest BCUT2D eigenvalue weighted by molar-refractivity contribution is -0.132. The van der Waals surface area contributed by atoms with E-state index in [4.69, 9.17) is 5.10 Å². The molecular formula is C28H32N4O2. The van der Waals surface area contributed by atoms with Crippen molar-refractivity contribution in [1.82, 2.24) is 19.6 Å². The first-order chi connectivity index (χ1) is 16.6. The Labute approximate surface area is 201 Å². The van der Waals surface area contributed by atoms with Crippen LogP contribution in [0.5, 0.6) is 0 Å². The van der Waals surface area contributed by atoms with Crippen molar-refractivity contribution in [3.05, 3.63) is 82.7 Å². The Balaban J connectivity index is 1.19. The van der Waals surface area contributed by atoms with Crippen molar-refractivity contribution < 1.29 is 9.59 Å². The molecule has 0 spiro atoms. The van der Waals surface area contributed by atoms with Crippen molar-refractivity contribution in [2.45, 2.75) is 45.4 Å². The van der Waals surface area contributed by atoms with Crippen molar-refractivity contribution in [2.75, 3.05) is 26.2 Å². The number of piperazine rings is 1. The van der Waals surface area contributed by atoms with Gasteiger partial charge in [-0.3, -0.25) is 9.59 Å². The molecule has 2 amide bonds. The third-order valence-electron chi connectivity index (χ3n) is 7.03. The maximum atomic E-state index is 13.4. The largest absolute Gasteiger partial charge is 0.339 e. The van der Waals surface area contributed by atoms with Crippen molar-refractivity contribution >= 4 is 11.8 Å². The van der Waals surface area contributed by atoms with Gasteiger partial charge in [0.05, 0.1) is 5.69 Å². The minimum Gasteiger partial charge on any atom is -0.339 e. The van der Waals surface area contributed by atoms with Gasteiger partial charge in [0.1, 0.15) is 0 Å². The molecule has 34 heavy (non-hydrogen) atoms. The molecular weight excluding hydrogens is 424 g/mol.